The summed E-state index contributed by atoms with van der Waals surface area (Å²) in [5.41, 5.74) is 3.15. The summed E-state index contributed by atoms with van der Waals surface area (Å²) in [6.07, 6.45) is 3.16. The van der Waals surface area contributed by atoms with Gasteiger partial charge in [0.15, 0.2) is 0 Å². The number of hydrogen-bond donors (Lipinski definition) is 0. The fourth-order valence-corrected chi connectivity index (χ4v) is 2.23. The lowest BCUT2D eigenvalue weighted by Gasteiger charge is -2.02. The minimum Gasteiger partial charge on any atom is -0.465 e. The normalized spacial score (nSPS) is 11.1. The Morgan fingerprint density at radius 1 is 1.25 bits per heavy atom. The van der Waals surface area contributed by atoms with E-state index in [1.807, 2.05) is 19.9 Å². The molecule has 0 saturated heterocycles. The zero-order valence-electron chi connectivity index (χ0n) is 13.5. The van der Waals surface area contributed by atoms with E-state index in [1.54, 1.807) is 35.2 Å². The van der Waals surface area contributed by atoms with E-state index >= 15 is 0 Å². The lowest BCUT2D eigenvalue weighted by atomic mass is 10.1. The molecule has 3 aromatic rings. The first kappa shape index (κ1) is 15.6. The van der Waals surface area contributed by atoms with Crippen molar-refractivity contribution >= 4 is 12.2 Å². The summed E-state index contributed by atoms with van der Waals surface area (Å²) in [5, 5.41) is 16.7. The first-order valence-corrected chi connectivity index (χ1v) is 7.25. The summed E-state index contributed by atoms with van der Waals surface area (Å²) in [4.78, 5) is 11.4. The predicted molar refractivity (Wildman–Crippen MR) is 87.4 cm³/mol. The Labute approximate surface area is 138 Å². The first-order chi connectivity index (χ1) is 11.6. The van der Waals surface area contributed by atoms with Crippen LogP contribution in [0, 0.1) is 13.8 Å². The number of methoxy groups -OCH3 is 1. The van der Waals surface area contributed by atoms with Crippen molar-refractivity contribution in [2.24, 2.45) is 5.10 Å². The zero-order valence-corrected chi connectivity index (χ0v) is 13.5. The minimum absolute atomic E-state index is 0.371. The lowest BCUT2D eigenvalue weighted by molar-refractivity contribution is 0.0600. The highest BCUT2D eigenvalue weighted by atomic mass is 16.5. The van der Waals surface area contributed by atoms with Gasteiger partial charge in [0.2, 0.25) is 0 Å². The van der Waals surface area contributed by atoms with Gasteiger partial charge in [-0.2, -0.15) is 14.9 Å². The van der Waals surface area contributed by atoms with Gasteiger partial charge in [0.05, 0.1) is 24.6 Å². The Kier molecular flexibility index (Phi) is 4.19. The van der Waals surface area contributed by atoms with Crippen LogP contribution in [0.1, 0.15) is 27.3 Å². The second kappa shape index (κ2) is 6.45. The number of aromatic nitrogens is 5. The molecule has 0 amide bonds. The van der Waals surface area contributed by atoms with Crippen molar-refractivity contribution in [3.05, 3.63) is 59.2 Å². The van der Waals surface area contributed by atoms with E-state index in [4.69, 9.17) is 0 Å². The Bertz CT molecular complexity index is 892. The van der Waals surface area contributed by atoms with Crippen LogP contribution in [0.5, 0.6) is 0 Å². The van der Waals surface area contributed by atoms with Gasteiger partial charge in [-0.3, -0.25) is 0 Å². The highest BCUT2D eigenvalue weighted by molar-refractivity contribution is 5.90. The molecule has 0 saturated carbocycles. The van der Waals surface area contributed by atoms with E-state index in [0.717, 1.165) is 17.0 Å². The maximum absolute atomic E-state index is 11.4. The molecule has 3 rings (SSSR count). The second-order valence-electron chi connectivity index (χ2n) is 5.17. The van der Waals surface area contributed by atoms with E-state index in [2.05, 4.69) is 25.1 Å². The fourth-order valence-electron chi connectivity index (χ4n) is 2.23. The molecule has 0 radical (unpaired) electrons. The Hall–Kier alpha value is -3.29. The largest absolute Gasteiger partial charge is 0.465 e. The highest BCUT2D eigenvalue weighted by Crippen LogP contribution is 2.09. The van der Waals surface area contributed by atoms with E-state index < -0.39 is 0 Å². The third kappa shape index (κ3) is 3.07. The number of nitrogens with zero attached hydrogens (tertiary/aromatic N) is 6. The van der Waals surface area contributed by atoms with Crippen molar-refractivity contribution in [2.75, 3.05) is 7.11 Å². The second-order valence-corrected chi connectivity index (χ2v) is 5.17. The van der Waals surface area contributed by atoms with Crippen molar-refractivity contribution in [2.45, 2.75) is 13.8 Å². The molecule has 0 spiro atoms. The summed E-state index contributed by atoms with van der Waals surface area (Å²) in [6, 6.07) is 8.88. The third-order valence-corrected chi connectivity index (χ3v) is 3.38. The molecule has 1 aromatic carbocycles. The first-order valence-electron chi connectivity index (χ1n) is 7.25. The van der Waals surface area contributed by atoms with Crippen LogP contribution in [-0.2, 0) is 4.74 Å². The average Bonchev–Trinajstić information content (AvgIpc) is 3.18. The molecule has 0 bridgehead atoms. The van der Waals surface area contributed by atoms with Crippen molar-refractivity contribution in [1.82, 2.24) is 24.7 Å². The van der Waals surface area contributed by atoms with Gasteiger partial charge in [-0.15, -0.1) is 10.2 Å². The molecular weight excluding hydrogens is 308 g/mol. The van der Waals surface area contributed by atoms with Gasteiger partial charge in [0, 0.05) is 5.69 Å². The van der Waals surface area contributed by atoms with Crippen LogP contribution >= 0.6 is 0 Å². The van der Waals surface area contributed by atoms with E-state index in [-0.39, 0.29) is 5.97 Å². The van der Waals surface area contributed by atoms with Gasteiger partial charge in [0.1, 0.15) is 6.33 Å². The molecule has 0 atom stereocenters. The molecule has 2 heterocycles. The maximum atomic E-state index is 11.4. The van der Waals surface area contributed by atoms with Crippen molar-refractivity contribution in [1.29, 1.82) is 0 Å². The molecule has 0 unspecified atom stereocenters. The number of carbonyl (C=O) groups is 1. The van der Waals surface area contributed by atoms with Gasteiger partial charge < -0.3 is 4.74 Å². The number of benzene rings is 1. The zero-order chi connectivity index (χ0) is 17.1. The summed E-state index contributed by atoms with van der Waals surface area (Å²) in [6.45, 7) is 3.85. The summed E-state index contributed by atoms with van der Waals surface area (Å²) < 4.78 is 7.89. The Morgan fingerprint density at radius 3 is 2.62 bits per heavy atom. The smallest absolute Gasteiger partial charge is 0.337 e. The quantitative estimate of drug-likeness (QED) is 0.539. The van der Waals surface area contributed by atoms with Crippen molar-refractivity contribution in [3.63, 3.8) is 0 Å². The molecule has 8 nitrogen and oxygen atoms in total. The van der Waals surface area contributed by atoms with Crippen LogP contribution in [0.3, 0.4) is 0 Å². The number of hydrogen-bond acceptors (Lipinski definition) is 6. The van der Waals surface area contributed by atoms with Crippen molar-refractivity contribution in [3.8, 4) is 5.95 Å². The number of ether oxygens (including phenoxy) is 1. The number of carbonyl (C=O) groups excluding carboxylic acids is 1. The van der Waals surface area contributed by atoms with E-state index in [0.29, 0.717) is 11.5 Å². The van der Waals surface area contributed by atoms with Gasteiger partial charge in [0.25, 0.3) is 5.95 Å². The molecule has 122 valence electrons. The third-order valence-electron chi connectivity index (χ3n) is 3.38. The molecule has 24 heavy (non-hydrogen) atoms. The molecule has 0 aliphatic heterocycles. The molecule has 0 N–H and O–H groups in total. The standard InChI is InChI=1S/C16H16N6O2/c1-11-8-12(2)22(20-11)16-19-17-10-21(16)18-9-13-4-6-14(7-5-13)15(23)24-3/h4-10H,1-3H3/b18-9-. The van der Waals surface area contributed by atoms with Crippen LogP contribution in [-0.4, -0.2) is 43.9 Å². The van der Waals surface area contributed by atoms with Gasteiger partial charge >= 0.3 is 5.97 Å². The van der Waals surface area contributed by atoms with Crippen LogP contribution in [0.2, 0.25) is 0 Å². The Balaban J connectivity index is 1.84. The monoisotopic (exact) mass is 324 g/mol. The van der Waals surface area contributed by atoms with Crippen molar-refractivity contribution < 1.29 is 9.53 Å². The van der Waals surface area contributed by atoms with Crippen LogP contribution in [0.25, 0.3) is 5.95 Å². The topological polar surface area (TPSA) is 87.2 Å². The maximum Gasteiger partial charge on any atom is 0.337 e. The van der Waals surface area contributed by atoms with Gasteiger partial charge in [-0.25, -0.2) is 9.48 Å². The van der Waals surface area contributed by atoms with Gasteiger partial charge in [-0.05, 0) is 37.6 Å². The Morgan fingerprint density at radius 2 is 2.00 bits per heavy atom. The van der Waals surface area contributed by atoms with Gasteiger partial charge in [-0.1, -0.05) is 12.1 Å². The lowest BCUT2D eigenvalue weighted by Crippen LogP contribution is -2.06. The predicted octanol–water partition coefficient (Wildman–Crippen LogP) is 1.75. The molecule has 8 heteroatoms. The molecule has 0 fully saturated rings. The summed E-state index contributed by atoms with van der Waals surface area (Å²) >= 11 is 0. The van der Waals surface area contributed by atoms with Crippen LogP contribution in [0.4, 0.5) is 0 Å². The molecular formula is C16H16N6O2. The number of esters is 1. The molecule has 0 aliphatic rings. The average molecular weight is 324 g/mol. The van der Waals surface area contributed by atoms with E-state index in [1.165, 1.54) is 18.1 Å². The summed E-state index contributed by atoms with van der Waals surface area (Å²) in [7, 11) is 1.35. The minimum atomic E-state index is -0.371. The number of aryl methyl sites for hydroxylation is 2. The summed E-state index contributed by atoms with van der Waals surface area (Å²) in [5.74, 6) is 0.132. The number of rotatable bonds is 4. The highest BCUT2D eigenvalue weighted by Gasteiger charge is 2.10. The fraction of sp³-hybridized carbons (Fsp3) is 0.188. The molecule has 0 aliphatic carbocycles. The van der Waals surface area contributed by atoms with E-state index in [9.17, 15) is 4.79 Å². The SMILES string of the molecule is COC(=O)c1ccc(/C=N\n2cnnc2-n2nc(C)cc2C)cc1. The van der Waals surface area contributed by atoms with Crippen LogP contribution < -0.4 is 0 Å². The molecule has 2 aromatic heterocycles. The van der Waals surface area contributed by atoms with Crippen LogP contribution in [0.15, 0.2) is 41.8 Å².